The first-order chi connectivity index (χ1) is 3.27. The molecule has 0 aliphatic carbocycles. The van der Waals surface area contributed by atoms with Crippen molar-refractivity contribution in [1.29, 1.82) is 0 Å². The molecule has 0 aromatic rings. The first-order valence-corrected chi connectivity index (χ1v) is 3.18. The molecule has 0 aromatic heterocycles. The van der Waals surface area contributed by atoms with Crippen molar-refractivity contribution in [3.05, 3.63) is 6.92 Å². The van der Waals surface area contributed by atoms with E-state index in [2.05, 4.69) is 13.8 Å². The number of hydrogen-bond donors (Lipinski definition) is 0. The molecule has 1 atom stereocenters. The van der Waals surface area contributed by atoms with Gasteiger partial charge in [-0.1, -0.05) is 19.8 Å². The summed E-state index contributed by atoms with van der Waals surface area (Å²) in [6.45, 7) is 5.79. The van der Waals surface area contributed by atoms with Crippen LogP contribution in [0.15, 0.2) is 0 Å². The zero-order valence-corrected chi connectivity index (χ0v) is 5.54. The normalized spacial score (nSPS) is 14.1. The molecule has 0 heterocycles. The number of halogens is 1. The summed E-state index contributed by atoms with van der Waals surface area (Å²) in [5.41, 5.74) is 0. The van der Waals surface area contributed by atoms with Crippen LogP contribution >= 0.6 is 11.6 Å². The zero-order chi connectivity index (χ0) is 5.70. The standard InChI is InChI=1S/C6H12Cl/c1-3-4-5-6(2)7/h6H,2-5H2,1H3. The largest absolute Gasteiger partial charge is 0.123 e. The molecule has 1 heteroatoms. The average molecular weight is 120 g/mol. The maximum absolute atomic E-state index is 5.55. The number of unbranched alkanes of at least 4 members (excludes halogenated alkanes) is 1. The fourth-order valence-electron chi connectivity index (χ4n) is 0.426. The lowest BCUT2D eigenvalue weighted by Crippen LogP contribution is -1.88. The summed E-state index contributed by atoms with van der Waals surface area (Å²) < 4.78 is 0. The van der Waals surface area contributed by atoms with Crippen LogP contribution in [-0.2, 0) is 0 Å². The summed E-state index contributed by atoms with van der Waals surface area (Å²) in [4.78, 5) is 0. The van der Waals surface area contributed by atoms with Gasteiger partial charge in [0.05, 0.1) is 0 Å². The van der Waals surface area contributed by atoms with Gasteiger partial charge in [0, 0.05) is 5.38 Å². The topological polar surface area (TPSA) is 0 Å². The third-order valence-electron chi connectivity index (χ3n) is 0.871. The van der Waals surface area contributed by atoms with Crippen molar-refractivity contribution in [3.63, 3.8) is 0 Å². The first kappa shape index (κ1) is 7.29. The molecule has 0 nitrogen and oxygen atoms in total. The second-order valence-corrected chi connectivity index (χ2v) is 2.36. The average Bonchev–Trinajstić information content (AvgIpc) is 1.61. The molecule has 1 radical (unpaired) electrons. The van der Waals surface area contributed by atoms with Crippen LogP contribution in [0.5, 0.6) is 0 Å². The van der Waals surface area contributed by atoms with E-state index >= 15 is 0 Å². The molecule has 0 aliphatic rings. The number of rotatable bonds is 3. The minimum atomic E-state index is 0.125. The molecule has 0 aromatic carbocycles. The van der Waals surface area contributed by atoms with Gasteiger partial charge in [-0.05, 0) is 13.3 Å². The maximum atomic E-state index is 5.55. The maximum Gasteiger partial charge on any atom is 0.0336 e. The van der Waals surface area contributed by atoms with Crippen molar-refractivity contribution in [2.45, 2.75) is 31.6 Å². The third-order valence-corrected chi connectivity index (χ3v) is 1.09. The minimum Gasteiger partial charge on any atom is -0.123 e. The van der Waals surface area contributed by atoms with E-state index in [4.69, 9.17) is 11.6 Å². The van der Waals surface area contributed by atoms with Crippen LogP contribution in [0.1, 0.15) is 26.2 Å². The number of hydrogen-bond acceptors (Lipinski definition) is 0. The Balaban J connectivity index is 2.68. The molecule has 0 aliphatic heterocycles. The summed E-state index contributed by atoms with van der Waals surface area (Å²) in [6.07, 6.45) is 3.48. The van der Waals surface area contributed by atoms with Gasteiger partial charge >= 0.3 is 0 Å². The van der Waals surface area contributed by atoms with Crippen LogP contribution in [0.4, 0.5) is 0 Å². The lowest BCUT2D eigenvalue weighted by atomic mass is 10.2. The molecule has 0 N–H and O–H groups in total. The summed E-state index contributed by atoms with van der Waals surface area (Å²) in [5, 5.41) is 0.125. The molecule has 0 rings (SSSR count). The SMILES string of the molecule is [CH2]C(Cl)CCCC. The highest BCUT2D eigenvalue weighted by Crippen LogP contribution is 2.04. The fourth-order valence-corrected chi connectivity index (χ4v) is 0.580. The van der Waals surface area contributed by atoms with Gasteiger partial charge in [0.25, 0.3) is 0 Å². The minimum absolute atomic E-state index is 0.125. The Morgan fingerprint density at radius 2 is 2.29 bits per heavy atom. The fraction of sp³-hybridized carbons (Fsp3) is 0.833. The molecule has 0 saturated heterocycles. The summed E-state index contributed by atoms with van der Waals surface area (Å²) in [5.74, 6) is 0. The second kappa shape index (κ2) is 4.45. The number of alkyl halides is 1. The van der Waals surface area contributed by atoms with E-state index in [9.17, 15) is 0 Å². The van der Waals surface area contributed by atoms with Crippen LogP contribution in [0.2, 0.25) is 0 Å². The summed E-state index contributed by atoms with van der Waals surface area (Å²) in [6, 6.07) is 0. The highest BCUT2D eigenvalue weighted by atomic mass is 35.5. The monoisotopic (exact) mass is 119 g/mol. The molecule has 0 bridgehead atoms. The van der Waals surface area contributed by atoms with Gasteiger partial charge in [-0.25, -0.2) is 0 Å². The Morgan fingerprint density at radius 3 is 2.43 bits per heavy atom. The Labute approximate surface area is 50.9 Å². The van der Waals surface area contributed by atoms with Crippen LogP contribution in [-0.4, -0.2) is 5.38 Å². The highest BCUT2D eigenvalue weighted by molar-refractivity contribution is 6.21. The van der Waals surface area contributed by atoms with Gasteiger partial charge in [-0.15, -0.1) is 11.6 Å². The Kier molecular flexibility index (Phi) is 4.63. The van der Waals surface area contributed by atoms with E-state index in [1.54, 1.807) is 0 Å². The molecule has 0 amide bonds. The van der Waals surface area contributed by atoms with Crippen LogP contribution in [0.25, 0.3) is 0 Å². The molecule has 1 unspecified atom stereocenters. The van der Waals surface area contributed by atoms with Crippen LogP contribution in [0.3, 0.4) is 0 Å². The van der Waals surface area contributed by atoms with Crippen LogP contribution < -0.4 is 0 Å². The van der Waals surface area contributed by atoms with E-state index in [0.29, 0.717) is 0 Å². The molecule has 0 fully saturated rings. The van der Waals surface area contributed by atoms with E-state index in [-0.39, 0.29) is 5.38 Å². The highest BCUT2D eigenvalue weighted by Gasteiger charge is 1.91. The predicted molar refractivity (Wildman–Crippen MR) is 34.5 cm³/mol. The van der Waals surface area contributed by atoms with E-state index in [1.165, 1.54) is 12.8 Å². The van der Waals surface area contributed by atoms with E-state index < -0.39 is 0 Å². The molecular formula is C6H12Cl. The molecule has 0 saturated carbocycles. The van der Waals surface area contributed by atoms with E-state index in [0.717, 1.165) is 6.42 Å². The van der Waals surface area contributed by atoms with Crippen molar-refractivity contribution in [2.24, 2.45) is 0 Å². The Hall–Kier alpha value is 0.290. The Morgan fingerprint density at radius 1 is 1.71 bits per heavy atom. The van der Waals surface area contributed by atoms with Crippen molar-refractivity contribution in [3.8, 4) is 0 Å². The molecule has 7 heavy (non-hydrogen) atoms. The predicted octanol–water partition coefficient (Wildman–Crippen LogP) is 2.62. The molecular weight excluding hydrogens is 108 g/mol. The quantitative estimate of drug-likeness (QED) is 0.501. The second-order valence-electron chi connectivity index (χ2n) is 1.74. The van der Waals surface area contributed by atoms with Gasteiger partial charge in [0.1, 0.15) is 0 Å². The first-order valence-electron chi connectivity index (χ1n) is 2.74. The van der Waals surface area contributed by atoms with Crippen molar-refractivity contribution in [2.75, 3.05) is 0 Å². The van der Waals surface area contributed by atoms with Gasteiger partial charge in [0.2, 0.25) is 0 Å². The van der Waals surface area contributed by atoms with Gasteiger partial charge in [0.15, 0.2) is 0 Å². The van der Waals surface area contributed by atoms with Crippen molar-refractivity contribution in [1.82, 2.24) is 0 Å². The molecule has 0 spiro atoms. The van der Waals surface area contributed by atoms with Crippen LogP contribution in [0, 0.1) is 6.92 Å². The smallest absolute Gasteiger partial charge is 0.0336 e. The molecule has 43 valence electrons. The van der Waals surface area contributed by atoms with Crippen molar-refractivity contribution >= 4 is 11.6 Å². The summed E-state index contributed by atoms with van der Waals surface area (Å²) in [7, 11) is 0. The Bertz CT molecular complexity index is 33.2. The lowest BCUT2D eigenvalue weighted by Gasteiger charge is -1.96. The van der Waals surface area contributed by atoms with Gasteiger partial charge < -0.3 is 0 Å². The van der Waals surface area contributed by atoms with E-state index in [1.807, 2.05) is 0 Å². The summed E-state index contributed by atoms with van der Waals surface area (Å²) >= 11 is 5.55. The van der Waals surface area contributed by atoms with Gasteiger partial charge in [-0.3, -0.25) is 0 Å². The lowest BCUT2D eigenvalue weighted by molar-refractivity contribution is 0.732. The zero-order valence-electron chi connectivity index (χ0n) is 4.78. The third kappa shape index (κ3) is 6.29. The van der Waals surface area contributed by atoms with Crippen molar-refractivity contribution < 1.29 is 0 Å². The van der Waals surface area contributed by atoms with Gasteiger partial charge in [-0.2, -0.15) is 0 Å².